The molecule has 0 fully saturated rings. The minimum absolute atomic E-state index is 0.357. The average Bonchev–Trinajstić information content (AvgIpc) is 2.75. The number of hydrogen-bond acceptors (Lipinski definition) is 2. The fraction of sp³-hybridized carbons (Fsp3) is 0.786. The summed E-state index contributed by atoms with van der Waals surface area (Å²) < 4.78 is 6.37. The van der Waals surface area contributed by atoms with Crippen LogP contribution in [0.5, 0.6) is 11.5 Å². The van der Waals surface area contributed by atoms with Crippen LogP contribution in [0.25, 0.3) is 0 Å². The van der Waals surface area contributed by atoms with Crippen LogP contribution in [-0.4, -0.2) is 11.2 Å². The van der Waals surface area contributed by atoms with Crippen LogP contribution in [0.4, 0.5) is 0 Å². The highest BCUT2D eigenvalue weighted by molar-refractivity contribution is 5.58. The average molecular weight is 419 g/mol. The van der Waals surface area contributed by atoms with Crippen molar-refractivity contribution in [3.05, 3.63) is 22.3 Å². The summed E-state index contributed by atoms with van der Waals surface area (Å²) in [4.78, 5) is 0. The molecule has 2 rings (SSSR count). The second-order valence-corrected chi connectivity index (χ2v) is 9.46. The van der Waals surface area contributed by atoms with Gasteiger partial charge in [-0.05, 0) is 69.1 Å². The zero-order valence-electron chi connectivity index (χ0n) is 21.2. The number of fused-ring (bicyclic) bond motifs is 1. The third-order valence-corrected chi connectivity index (χ3v) is 6.65. The van der Waals surface area contributed by atoms with E-state index in [1.54, 1.807) is 0 Å². The SMILES string of the molecule is CC.Cc1c(C)c2c(c(C)c1O)CCC(CCCCCCCCCCCC(C)C)O2. The van der Waals surface area contributed by atoms with Crippen LogP contribution in [0.3, 0.4) is 0 Å². The van der Waals surface area contributed by atoms with E-state index in [0.717, 1.165) is 41.2 Å². The van der Waals surface area contributed by atoms with E-state index in [0.29, 0.717) is 11.9 Å². The van der Waals surface area contributed by atoms with E-state index in [1.807, 2.05) is 27.7 Å². The summed E-state index contributed by atoms with van der Waals surface area (Å²) in [5.74, 6) is 2.38. The Labute approximate surface area is 187 Å². The molecule has 1 aromatic rings. The maximum absolute atomic E-state index is 10.3. The van der Waals surface area contributed by atoms with E-state index in [1.165, 1.54) is 76.2 Å². The molecule has 1 heterocycles. The maximum atomic E-state index is 10.3. The molecule has 1 aliphatic rings. The van der Waals surface area contributed by atoms with Crippen LogP contribution in [0, 0.1) is 26.7 Å². The van der Waals surface area contributed by atoms with E-state index in [-0.39, 0.29) is 0 Å². The van der Waals surface area contributed by atoms with Crippen molar-refractivity contribution < 1.29 is 9.84 Å². The topological polar surface area (TPSA) is 29.5 Å². The van der Waals surface area contributed by atoms with Crippen LogP contribution in [0.2, 0.25) is 0 Å². The van der Waals surface area contributed by atoms with Crippen molar-refractivity contribution in [1.29, 1.82) is 0 Å². The summed E-state index contributed by atoms with van der Waals surface area (Å²) in [6.45, 7) is 14.7. The Bertz CT molecular complexity index is 603. The molecule has 0 radical (unpaired) electrons. The Kier molecular flexibility index (Phi) is 13.2. The lowest BCUT2D eigenvalue weighted by molar-refractivity contribution is 0.158. The van der Waals surface area contributed by atoms with Crippen LogP contribution in [0.1, 0.15) is 127 Å². The Balaban J connectivity index is 0.00000218. The highest BCUT2D eigenvalue weighted by Gasteiger charge is 2.25. The minimum Gasteiger partial charge on any atom is -0.507 e. The van der Waals surface area contributed by atoms with Gasteiger partial charge in [-0.2, -0.15) is 0 Å². The first-order valence-corrected chi connectivity index (χ1v) is 12.9. The molecule has 2 heteroatoms. The Morgan fingerprint density at radius 2 is 1.33 bits per heavy atom. The summed E-state index contributed by atoms with van der Waals surface area (Å²) in [5.41, 5.74) is 4.34. The van der Waals surface area contributed by atoms with Gasteiger partial charge in [-0.15, -0.1) is 0 Å². The highest BCUT2D eigenvalue weighted by atomic mass is 16.5. The molecule has 0 saturated heterocycles. The number of rotatable bonds is 12. The lowest BCUT2D eigenvalue weighted by Crippen LogP contribution is -2.24. The van der Waals surface area contributed by atoms with Gasteiger partial charge < -0.3 is 9.84 Å². The molecule has 1 aliphatic heterocycles. The zero-order chi connectivity index (χ0) is 22.5. The Hall–Kier alpha value is -1.18. The van der Waals surface area contributed by atoms with Gasteiger partial charge in [-0.25, -0.2) is 0 Å². The number of unbranched alkanes of at least 4 members (excludes halogenated alkanes) is 8. The van der Waals surface area contributed by atoms with E-state index >= 15 is 0 Å². The van der Waals surface area contributed by atoms with E-state index in [9.17, 15) is 5.11 Å². The first-order chi connectivity index (χ1) is 14.4. The van der Waals surface area contributed by atoms with Crippen molar-refractivity contribution in [3.8, 4) is 11.5 Å². The molecule has 174 valence electrons. The van der Waals surface area contributed by atoms with Gasteiger partial charge >= 0.3 is 0 Å². The van der Waals surface area contributed by atoms with Crippen molar-refractivity contribution in [2.45, 2.75) is 138 Å². The van der Waals surface area contributed by atoms with Crippen LogP contribution < -0.4 is 4.74 Å². The summed E-state index contributed by atoms with van der Waals surface area (Å²) in [6.07, 6.45) is 17.6. The molecule has 1 N–H and O–H groups in total. The van der Waals surface area contributed by atoms with Crippen LogP contribution in [0.15, 0.2) is 0 Å². The molecule has 2 nitrogen and oxygen atoms in total. The van der Waals surface area contributed by atoms with E-state index in [4.69, 9.17) is 4.74 Å². The molecular formula is C28H50O2. The maximum Gasteiger partial charge on any atom is 0.126 e. The van der Waals surface area contributed by atoms with Crippen LogP contribution >= 0.6 is 0 Å². The van der Waals surface area contributed by atoms with Gasteiger partial charge in [0.2, 0.25) is 0 Å². The fourth-order valence-electron chi connectivity index (χ4n) is 4.53. The van der Waals surface area contributed by atoms with Crippen molar-refractivity contribution in [2.75, 3.05) is 0 Å². The monoisotopic (exact) mass is 418 g/mol. The van der Waals surface area contributed by atoms with E-state index in [2.05, 4.69) is 20.8 Å². The molecule has 0 amide bonds. The van der Waals surface area contributed by atoms with Gasteiger partial charge in [0.15, 0.2) is 0 Å². The predicted octanol–water partition coefficient (Wildman–Crippen LogP) is 8.98. The standard InChI is InChI=1S/C26H44O2.C2H6/c1-19(2)15-13-11-9-7-6-8-10-12-14-16-23-17-18-24-22(5)25(27)20(3)21(4)26(24)28-23;1-2/h19,23,27H,6-18H2,1-5H3;1-2H3. The molecule has 0 bridgehead atoms. The first-order valence-electron chi connectivity index (χ1n) is 12.9. The molecule has 0 aromatic heterocycles. The van der Waals surface area contributed by atoms with Gasteiger partial charge in [0.25, 0.3) is 0 Å². The Morgan fingerprint density at radius 3 is 1.90 bits per heavy atom. The van der Waals surface area contributed by atoms with Gasteiger partial charge in [0.05, 0.1) is 6.10 Å². The lowest BCUT2D eigenvalue weighted by Gasteiger charge is -2.30. The van der Waals surface area contributed by atoms with Gasteiger partial charge in [0.1, 0.15) is 11.5 Å². The number of benzene rings is 1. The molecule has 1 atom stereocenters. The normalized spacial score (nSPS) is 15.4. The van der Waals surface area contributed by atoms with Crippen molar-refractivity contribution in [2.24, 2.45) is 5.92 Å². The molecule has 30 heavy (non-hydrogen) atoms. The molecular weight excluding hydrogens is 368 g/mol. The number of ether oxygens (including phenoxy) is 1. The van der Waals surface area contributed by atoms with Gasteiger partial charge in [-0.1, -0.05) is 85.5 Å². The second kappa shape index (κ2) is 14.8. The summed E-state index contributed by atoms with van der Waals surface area (Å²) >= 11 is 0. The molecule has 0 aliphatic carbocycles. The summed E-state index contributed by atoms with van der Waals surface area (Å²) in [6, 6.07) is 0. The zero-order valence-corrected chi connectivity index (χ0v) is 21.2. The number of phenols is 1. The third kappa shape index (κ3) is 8.52. The second-order valence-electron chi connectivity index (χ2n) is 9.46. The third-order valence-electron chi connectivity index (χ3n) is 6.65. The van der Waals surface area contributed by atoms with Crippen molar-refractivity contribution >= 4 is 0 Å². The molecule has 1 aromatic carbocycles. The Morgan fingerprint density at radius 1 is 0.800 bits per heavy atom. The first kappa shape index (κ1) is 26.9. The van der Waals surface area contributed by atoms with Crippen molar-refractivity contribution in [1.82, 2.24) is 0 Å². The number of hydrogen-bond donors (Lipinski definition) is 1. The van der Waals surface area contributed by atoms with Gasteiger partial charge in [0, 0.05) is 5.56 Å². The summed E-state index contributed by atoms with van der Waals surface area (Å²) in [7, 11) is 0. The molecule has 0 spiro atoms. The largest absolute Gasteiger partial charge is 0.507 e. The smallest absolute Gasteiger partial charge is 0.126 e. The quantitative estimate of drug-likeness (QED) is 0.343. The van der Waals surface area contributed by atoms with Crippen molar-refractivity contribution in [3.63, 3.8) is 0 Å². The lowest BCUT2D eigenvalue weighted by atomic mass is 9.90. The van der Waals surface area contributed by atoms with Crippen LogP contribution in [-0.2, 0) is 6.42 Å². The summed E-state index contributed by atoms with van der Waals surface area (Å²) in [5, 5.41) is 10.3. The van der Waals surface area contributed by atoms with Gasteiger partial charge in [-0.3, -0.25) is 0 Å². The number of aromatic hydroxyl groups is 1. The predicted molar refractivity (Wildman–Crippen MR) is 132 cm³/mol. The van der Waals surface area contributed by atoms with E-state index < -0.39 is 0 Å². The molecule has 1 unspecified atom stereocenters. The number of phenolic OH excluding ortho intramolecular Hbond substituents is 1. The highest BCUT2D eigenvalue weighted by Crippen LogP contribution is 2.41. The molecule has 0 saturated carbocycles. The fourth-order valence-corrected chi connectivity index (χ4v) is 4.53. The minimum atomic E-state index is 0.357.